The van der Waals surface area contributed by atoms with Crippen LogP contribution in [0.1, 0.15) is 145 Å². The van der Waals surface area contributed by atoms with Gasteiger partial charge in [0, 0.05) is 44.7 Å². The van der Waals surface area contributed by atoms with E-state index in [1.165, 1.54) is 31.3 Å². The number of carbonyl (C=O) groups excluding carboxylic acids is 12. The summed E-state index contributed by atoms with van der Waals surface area (Å²) in [5.41, 5.74) is 17.4. The molecule has 1 aromatic heterocycles. The van der Waals surface area contributed by atoms with Crippen molar-refractivity contribution in [2.45, 2.75) is 206 Å². The average Bonchev–Trinajstić information content (AvgIpc) is 4.44. The van der Waals surface area contributed by atoms with Gasteiger partial charge in [-0.25, -0.2) is 4.98 Å². The van der Waals surface area contributed by atoms with Crippen LogP contribution in [0.3, 0.4) is 0 Å². The van der Waals surface area contributed by atoms with Gasteiger partial charge in [0.2, 0.25) is 70.9 Å². The van der Waals surface area contributed by atoms with Gasteiger partial charge in [-0.15, -0.1) is 0 Å². The van der Waals surface area contributed by atoms with Crippen molar-refractivity contribution >= 4 is 76.9 Å². The van der Waals surface area contributed by atoms with Gasteiger partial charge < -0.3 is 79.6 Å². The third kappa shape index (κ3) is 22.5. The fourth-order valence-electron chi connectivity index (χ4n) is 9.92. The lowest BCUT2D eigenvalue weighted by Crippen LogP contribution is -2.61. The third-order valence-electron chi connectivity index (χ3n) is 14.5. The summed E-state index contributed by atoms with van der Waals surface area (Å²) in [6, 6.07) is -12.7. The Morgan fingerprint density at radius 3 is 1.67 bits per heavy atom. The van der Waals surface area contributed by atoms with Crippen molar-refractivity contribution < 1.29 is 67.4 Å². The Kier molecular flexibility index (Phi) is 28.5. The number of hydrogen-bond donors (Lipinski definition) is 13. The first-order chi connectivity index (χ1) is 39.1. The van der Waals surface area contributed by atoms with Crippen LogP contribution >= 0.6 is 0 Å². The minimum Gasteiger partial charge on any atom is -0.481 e. The van der Waals surface area contributed by atoms with Gasteiger partial charge in [0.25, 0.3) is 0 Å². The summed E-state index contributed by atoms with van der Waals surface area (Å²) >= 11 is 0. The second kappa shape index (κ2) is 34.0. The summed E-state index contributed by atoms with van der Waals surface area (Å²) < 4.78 is 0. The Bertz CT molecular complexity index is 2440. The quantitative estimate of drug-likeness (QED) is 0.0309. The minimum absolute atomic E-state index is 0.0211. The molecule has 83 heavy (non-hydrogen) atoms. The summed E-state index contributed by atoms with van der Waals surface area (Å²) in [6.07, 6.45) is 3.54. The number of rotatable bonds is 35. The fraction of sp³-hybridized carbons (Fsp3) is 0.704. The van der Waals surface area contributed by atoms with Gasteiger partial charge >= 0.3 is 5.97 Å². The van der Waals surface area contributed by atoms with Crippen molar-refractivity contribution in [2.75, 3.05) is 19.6 Å². The standard InChI is InChI=1S/C54H89N15O14/c1-9-30(6)44(67-51(80)41-16-12-20-68(41)53(82)31(7)60-48(77)38(61-32(8)70)24-33-26-58-27-59-33)52(81)63-34(14-10-11-19-55)46(75)65-37(23-29(4)5)49(78)62-35(17-18-43(72)73)47(76)66-39(25-42(56)71)54(83)69-21-13-15-40(69)50(79)64-36(45(57)74)22-28(2)3/h26-31,34-41,44H,9-25,55H2,1-8H3,(H2,56,71)(H2,57,74)(H,58,59)(H,60,77)(H,61,70)(H,62,78)(H,63,81)(H,64,79)(H,65,75)(H,66,76)(H,67,80)(H,72,73)/t30-,31-,34-,35-,36-,37-,38-,39-,40-,41-,44-/m0/s1. The van der Waals surface area contributed by atoms with E-state index in [2.05, 4.69) is 52.5 Å². The molecule has 0 saturated carbocycles. The molecular formula is C54H89N15O14. The molecule has 2 saturated heterocycles. The summed E-state index contributed by atoms with van der Waals surface area (Å²) in [6.45, 7) is 13.8. The highest BCUT2D eigenvalue weighted by molar-refractivity contribution is 6.00. The fourth-order valence-corrected chi connectivity index (χ4v) is 9.92. The number of aromatic nitrogens is 2. The maximum Gasteiger partial charge on any atom is 0.303 e. The number of amides is 12. The lowest BCUT2D eigenvalue weighted by atomic mass is 9.96. The normalized spacial score (nSPS) is 18.2. The van der Waals surface area contributed by atoms with E-state index in [1.54, 1.807) is 27.7 Å². The molecule has 3 rings (SSSR count). The second-order valence-electron chi connectivity index (χ2n) is 22.4. The summed E-state index contributed by atoms with van der Waals surface area (Å²) in [5, 5.41) is 30.6. The first-order valence-corrected chi connectivity index (χ1v) is 28.6. The lowest BCUT2D eigenvalue weighted by Gasteiger charge is -2.31. The first-order valence-electron chi connectivity index (χ1n) is 28.6. The van der Waals surface area contributed by atoms with E-state index >= 15 is 0 Å². The molecular weight excluding hydrogens is 1080 g/mol. The molecule has 12 amide bonds. The zero-order valence-electron chi connectivity index (χ0n) is 49.0. The highest BCUT2D eigenvalue weighted by Crippen LogP contribution is 2.22. The highest BCUT2D eigenvalue weighted by atomic mass is 16.4. The van der Waals surface area contributed by atoms with Crippen molar-refractivity contribution in [1.82, 2.24) is 62.3 Å². The summed E-state index contributed by atoms with van der Waals surface area (Å²) in [4.78, 5) is 184. The van der Waals surface area contributed by atoms with Crippen LogP contribution in [0, 0.1) is 17.8 Å². The van der Waals surface area contributed by atoms with E-state index in [0.717, 1.165) is 4.90 Å². The maximum absolute atomic E-state index is 14.4. The number of carboxylic acid groups (broad SMARTS) is 1. The molecule has 29 heteroatoms. The number of nitrogens with zero attached hydrogens (tertiary/aromatic N) is 3. The summed E-state index contributed by atoms with van der Waals surface area (Å²) in [5.74, 6) is -11.5. The Balaban J connectivity index is 1.83. The van der Waals surface area contributed by atoms with E-state index < -0.39 is 162 Å². The van der Waals surface area contributed by atoms with Crippen molar-refractivity contribution in [2.24, 2.45) is 35.0 Å². The Labute approximate surface area is 483 Å². The zero-order valence-corrected chi connectivity index (χ0v) is 49.0. The largest absolute Gasteiger partial charge is 0.481 e. The molecule has 3 heterocycles. The predicted molar refractivity (Wildman–Crippen MR) is 300 cm³/mol. The predicted octanol–water partition coefficient (Wildman–Crippen LogP) is -2.65. The lowest BCUT2D eigenvalue weighted by molar-refractivity contribution is -0.143. The smallest absolute Gasteiger partial charge is 0.303 e. The van der Waals surface area contributed by atoms with E-state index in [0.29, 0.717) is 37.8 Å². The number of carboxylic acids is 1. The maximum atomic E-state index is 14.4. The van der Waals surface area contributed by atoms with Crippen LogP contribution in [-0.4, -0.2) is 182 Å². The van der Waals surface area contributed by atoms with E-state index in [4.69, 9.17) is 17.2 Å². The van der Waals surface area contributed by atoms with Crippen molar-refractivity contribution in [3.05, 3.63) is 18.2 Å². The van der Waals surface area contributed by atoms with Crippen molar-refractivity contribution in [1.29, 1.82) is 0 Å². The molecule has 0 bridgehead atoms. The van der Waals surface area contributed by atoms with Gasteiger partial charge in [0.05, 0.1) is 12.7 Å². The number of aromatic amines is 1. The molecule has 1 aromatic rings. The van der Waals surface area contributed by atoms with Crippen molar-refractivity contribution in [3.8, 4) is 0 Å². The van der Waals surface area contributed by atoms with Gasteiger partial charge in [-0.05, 0) is 95.4 Å². The molecule has 11 atom stereocenters. The SMILES string of the molecule is CC[C@H](C)[C@H](NC(=O)[C@@H]1CCCN1C(=O)[C@H](C)NC(=O)[C@H](Cc1cnc[nH]1)NC(C)=O)C(=O)N[C@@H](CCCCN)C(=O)N[C@@H](CC(C)C)C(=O)N[C@@H](CCC(=O)O)C(=O)N[C@@H](CC(N)=O)C(=O)N1CCC[C@H]1C(=O)N[C@@H](CC(C)C)C(N)=O. The van der Waals surface area contributed by atoms with Crippen LogP contribution in [0.5, 0.6) is 0 Å². The molecule has 0 radical (unpaired) electrons. The molecule has 16 N–H and O–H groups in total. The zero-order chi connectivity index (χ0) is 62.2. The van der Waals surface area contributed by atoms with Crippen LogP contribution < -0.4 is 59.7 Å². The monoisotopic (exact) mass is 1170 g/mol. The van der Waals surface area contributed by atoms with Gasteiger partial charge in [-0.3, -0.25) is 62.3 Å². The van der Waals surface area contributed by atoms with E-state index in [1.807, 2.05) is 13.8 Å². The van der Waals surface area contributed by atoms with Crippen LogP contribution in [0.25, 0.3) is 0 Å². The summed E-state index contributed by atoms with van der Waals surface area (Å²) in [7, 11) is 0. The van der Waals surface area contributed by atoms with Gasteiger partial charge in [0.1, 0.15) is 60.4 Å². The van der Waals surface area contributed by atoms with Gasteiger partial charge in [-0.1, -0.05) is 48.0 Å². The Hall–Kier alpha value is -7.72. The topological polar surface area (TPSA) is 452 Å². The van der Waals surface area contributed by atoms with Gasteiger partial charge in [-0.2, -0.15) is 0 Å². The minimum atomic E-state index is -1.69. The molecule has 464 valence electrons. The molecule has 2 aliphatic heterocycles. The number of nitrogens with one attached hydrogen (secondary N) is 9. The number of imidazole rings is 1. The molecule has 0 aliphatic carbocycles. The number of likely N-dealkylation sites (tertiary alicyclic amines) is 2. The van der Waals surface area contributed by atoms with Crippen LogP contribution in [0.2, 0.25) is 0 Å². The van der Waals surface area contributed by atoms with Crippen LogP contribution in [-0.2, 0) is 68.7 Å². The number of primary amides is 2. The molecule has 29 nitrogen and oxygen atoms in total. The number of H-pyrrole nitrogens is 1. The molecule has 2 fully saturated rings. The van der Waals surface area contributed by atoms with E-state index in [-0.39, 0.29) is 70.0 Å². The number of hydrogen-bond acceptors (Lipinski definition) is 15. The van der Waals surface area contributed by atoms with Crippen LogP contribution in [0.4, 0.5) is 0 Å². The first kappa shape index (κ1) is 69.5. The Morgan fingerprint density at radius 1 is 0.639 bits per heavy atom. The number of carbonyl (C=O) groups is 13. The van der Waals surface area contributed by atoms with Crippen LogP contribution in [0.15, 0.2) is 12.5 Å². The molecule has 0 aromatic carbocycles. The molecule has 0 spiro atoms. The number of unbranched alkanes of at least 4 members (excludes halogenated alkanes) is 1. The van der Waals surface area contributed by atoms with E-state index in [9.17, 15) is 67.4 Å². The number of aliphatic carboxylic acids is 1. The third-order valence-corrected chi connectivity index (χ3v) is 14.5. The average molecular weight is 1170 g/mol. The van der Waals surface area contributed by atoms with Crippen molar-refractivity contribution in [3.63, 3.8) is 0 Å². The second-order valence-corrected chi connectivity index (χ2v) is 22.4. The highest BCUT2D eigenvalue weighted by Gasteiger charge is 2.42. The van der Waals surface area contributed by atoms with Gasteiger partial charge in [0.15, 0.2) is 0 Å². The molecule has 2 aliphatic rings. The number of nitrogens with two attached hydrogens (primary N) is 3. The Morgan fingerprint density at radius 2 is 1.16 bits per heavy atom. The molecule has 0 unspecified atom stereocenters.